The van der Waals surface area contributed by atoms with E-state index in [0.29, 0.717) is 0 Å². The highest BCUT2D eigenvalue weighted by Crippen LogP contribution is 2.26. The van der Waals surface area contributed by atoms with Crippen molar-refractivity contribution >= 4 is 23.3 Å². The molecule has 3 N–H and O–H groups in total. The minimum absolute atomic E-state index is 0.225. The van der Waals surface area contributed by atoms with E-state index in [2.05, 4.69) is 12.2 Å². The van der Waals surface area contributed by atoms with Gasteiger partial charge in [0.15, 0.2) is 0 Å². The molecule has 5 nitrogen and oxygen atoms in total. The Labute approximate surface area is 159 Å². The molecule has 146 valence electrons. The van der Waals surface area contributed by atoms with Crippen LogP contribution in [0.4, 0.5) is 18.0 Å². The third kappa shape index (κ3) is 7.03. The molecule has 1 aromatic heterocycles. The number of urea groups is 1. The highest BCUT2D eigenvalue weighted by Gasteiger charge is 2.28. The summed E-state index contributed by atoms with van der Waals surface area (Å²) in [5, 5.41) is 8.43. The van der Waals surface area contributed by atoms with E-state index in [0.717, 1.165) is 16.9 Å². The predicted octanol–water partition coefficient (Wildman–Crippen LogP) is 3.38. The summed E-state index contributed by atoms with van der Waals surface area (Å²) in [6.45, 7) is 0.330. The average Bonchev–Trinajstić information content (AvgIpc) is 3.14. The molecule has 0 radical (unpaired) electrons. The summed E-state index contributed by atoms with van der Waals surface area (Å²) in [4.78, 5) is 24.2. The summed E-state index contributed by atoms with van der Waals surface area (Å²) in [7, 11) is 0. The number of aryl methyl sites for hydroxylation is 1. The summed E-state index contributed by atoms with van der Waals surface area (Å²) < 4.78 is 36.2. The highest BCUT2D eigenvalue weighted by molar-refractivity contribution is 7.10. The van der Waals surface area contributed by atoms with Crippen molar-refractivity contribution in [3.05, 3.63) is 57.8 Å². The van der Waals surface area contributed by atoms with Crippen molar-refractivity contribution in [2.45, 2.75) is 25.6 Å². The van der Waals surface area contributed by atoms with Crippen LogP contribution in [0.3, 0.4) is 0 Å². The maximum atomic E-state index is 12.1. The van der Waals surface area contributed by atoms with Gasteiger partial charge in [-0.05, 0) is 29.0 Å². The molecule has 2 rings (SSSR count). The van der Waals surface area contributed by atoms with E-state index in [9.17, 15) is 22.8 Å². The molecule has 27 heavy (non-hydrogen) atoms. The number of amides is 3. The molecular weight excluding hydrogens is 379 g/mol. The van der Waals surface area contributed by atoms with Crippen LogP contribution in [0.2, 0.25) is 0 Å². The molecule has 1 heterocycles. The van der Waals surface area contributed by atoms with E-state index >= 15 is 0 Å². The maximum absolute atomic E-state index is 12.1. The van der Waals surface area contributed by atoms with Gasteiger partial charge in [-0.2, -0.15) is 13.2 Å². The fourth-order valence-corrected chi connectivity index (χ4v) is 3.20. The SMILES string of the molecule is CCc1ccc([C@H](NCC(=O)NC(=O)NCC(F)(F)F)c2cccs2)cc1. The molecule has 1 atom stereocenters. The monoisotopic (exact) mass is 399 g/mol. The Morgan fingerprint density at radius 1 is 1.15 bits per heavy atom. The summed E-state index contributed by atoms with van der Waals surface area (Å²) in [5.41, 5.74) is 2.13. The van der Waals surface area contributed by atoms with Gasteiger partial charge in [0.1, 0.15) is 6.54 Å². The zero-order valence-electron chi connectivity index (χ0n) is 14.6. The van der Waals surface area contributed by atoms with Gasteiger partial charge in [0.25, 0.3) is 0 Å². The molecule has 3 amide bonds. The van der Waals surface area contributed by atoms with Crippen molar-refractivity contribution in [1.29, 1.82) is 0 Å². The molecule has 0 aliphatic rings. The largest absolute Gasteiger partial charge is 0.405 e. The van der Waals surface area contributed by atoms with Crippen molar-refractivity contribution in [1.82, 2.24) is 16.0 Å². The van der Waals surface area contributed by atoms with E-state index in [1.54, 1.807) is 5.32 Å². The van der Waals surface area contributed by atoms with Crippen LogP contribution in [-0.2, 0) is 11.2 Å². The molecule has 0 unspecified atom stereocenters. The molecule has 0 saturated carbocycles. The first-order valence-electron chi connectivity index (χ1n) is 8.28. The van der Waals surface area contributed by atoms with Gasteiger partial charge in [0.05, 0.1) is 12.6 Å². The van der Waals surface area contributed by atoms with Crippen LogP contribution in [0, 0.1) is 0 Å². The average molecular weight is 399 g/mol. The maximum Gasteiger partial charge on any atom is 0.405 e. The standard InChI is InChI=1S/C18H20F3N3O2S/c1-2-12-5-7-13(8-6-12)16(14-4-3-9-27-14)22-10-15(25)24-17(26)23-11-18(19,20)21/h3-9,16,22H,2,10-11H2,1H3,(H2,23,24,25,26)/t16-/m0/s1. The normalized spacial score (nSPS) is 12.4. The third-order valence-electron chi connectivity index (χ3n) is 3.72. The molecule has 9 heteroatoms. The molecule has 0 aliphatic carbocycles. The Morgan fingerprint density at radius 2 is 1.85 bits per heavy atom. The molecular formula is C18H20F3N3O2S. The first-order valence-corrected chi connectivity index (χ1v) is 9.16. The van der Waals surface area contributed by atoms with Crippen LogP contribution < -0.4 is 16.0 Å². The van der Waals surface area contributed by atoms with Crippen LogP contribution >= 0.6 is 11.3 Å². The second-order valence-electron chi connectivity index (χ2n) is 5.77. The van der Waals surface area contributed by atoms with Crippen molar-refractivity contribution in [2.75, 3.05) is 13.1 Å². The minimum Gasteiger partial charge on any atom is -0.329 e. The summed E-state index contributed by atoms with van der Waals surface area (Å²) in [6, 6.07) is 10.3. The minimum atomic E-state index is -4.53. The van der Waals surface area contributed by atoms with E-state index in [4.69, 9.17) is 0 Å². The Kier molecular flexibility index (Phi) is 7.37. The molecule has 0 saturated heterocycles. The van der Waals surface area contributed by atoms with Gasteiger partial charge < -0.3 is 5.32 Å². The summed E-state index contributed by atoms with van der Waals surface area (Å²) >= 11 is 1.51. The number of hydrogen-bond donors (Lipinski definition) is 3. The summed E-state index contributed by atoms with van der Waals surface area (Å²) in [6.07, 6.45) is -3.62. The number of benzene rings is 1. The van der Waals surface area contributed by atoms with Gasteiger partial charge in [0.2, 0.25) is 5.91 Å². The number of imide groups is 1. The second kappa shape index (κ2) is 9.52. The number of nitrogens with one attached hydrogen (secondary N) is 3. The molecule has 0 spiro atoms. The summed E-state index contributed by atoms with van der Waals surface area (Å²) in [5.74, 6) is -0.721. The number of halogens is 3. The van der Waals surface area contributed by atoms with Crippen molar-refractivity contribution in [3.63, 3.8) is 0 Å². The number of carbonyl (C=O) groups excluding carboxylic acids is 2. The molecule has 1 aromatic carbocycles. The van der Waals surface area contributed by atoms with Crippen LogP contribution in [0.5, 0.6) is 0 Å². The lowest BCUT2D eigenvalue weighted by atomic mass is 10.0. The first-order chi connectivity index (χ1) is 12.8. The van der Waals surface area contributed by atoms with Gasteiger partial charge in [0, 0.05) is 4.88 Å². The van der Waals surface area contributed by atoms with E-state index < -0.39 is 24.7 Å². The Hall–Kier alpha value is -2.39. The van der Waals surface area contributed by atoms with Crippen LogP contribution in [0.25, 0.3) is 0 Å². The number of thiophene rings is 1. The van der Waals surface area contributed by atoms with Crippen LogP contribution in [0.1, 0.15) is 29.0 Å². The Morgan fingerprint density at radius 3 is 2.41 bits per heavy atom. The quantitative estimate of drug-likeness (QED) is 0.669. The lowest BCUT2D eigenvalue weighted by Crippen LogP contribution is -2.46. The van der Waals surface area contributed by atoms with Gasteiger partial charge in [-0.3, -0.25) is 15.4 Å². The molecule has 0 bridgehead atoms. The highest BCUT2D eigenvalue weighted by atomic mass is 32.1. The molecule has 2 aromatic rings. The van der Waals surface area contributed by atoms with Crippen molar-refractivity contribution in [2.24, 2.45) is 0 Å². The van der Waals surface area contributed by atoms with E-state index in [1.165, 1.54) is 16.9 Å². The Balaban J connectivity index is 1.95. The predicted molar refractivity (Wildman–Crippen MR) is 97.6 cm³/mol. The number of rotatable bonds is 7. The van der Waals surface area contributed by atoms with Gasteiger partial charge in [-0.15, -0.1) is 11.3 Å². The molecule has 0 fully saturated rings. The van der Waals surface area contributed by atoms with Crippen LogP contribution in [-0.4, -0.2) is 31.2 Å². The number of alkyl halides is 3. The Bertz CT molecular complexity index is 746. The second-order valence-corrected chi connectivity index (χ2v) is 6.75. The van der Waals surface area contributed by atoms with Gasteiger partial charge >= 0.3 is 12.2 Å². The van der Waals surface area contributed by atoms with Crippen molar-refractivity contribution < 1.29 is 22.8 Å². The topological polar surface area (TPSA) is 70.2 Å². The molecule has 0 aliphatic heterocycles. The zero-order valence-corrected chi connectivity index (χ0v) is 15.4. The fourth-order valence-electron chi connectivity index (χ4n) is 2.37. The number of hydrogen-bond acceptors (Lipinski definition) is 4. The fraction of sp³-hybridized carbons (Fsp3) is 0.333. The third-order valence-corrected chi connectivity index (χ3v) is 4.66. The van der Waals surface area contributed by atoms with E-state index in [-0.39, 0.29) is 12.6 Å². The lowest BCUT2D eigenvalue weighted by molar-refractivity contribution is -0.124. The van der Waals surface area contributed by atoms with Gasteiger partial charge in [-0.25, -0.2) is 4.79 Å². The smallest absolute Gasteiger partial charge is 0.329 e. The van der Waals surface area contributed by atoms with Crippen LogP contribution in [0.15, 0.2) is 41.8 Å². The number of carbonyl (C=O) groups is 2. The van der Waals surface area contributed by atoms with Crippen molar-refractivity contribution in [3.8, 4) is 0 Å². The van der Waals surface area contributed by atoms with Gasteiger partial charge in [-0.1, -0.05) is 37.3 Å². The zero-order chi connectivity index (χ0) is 19.9. The van der Waals surface area contributed by atoms with E-state index in [1.807, 2.05) is 47.1 Å². The lowest BCUT2D eigenvalue weighted by Gasteiger charge is -2.18. The first kappa shape index (κ1) is 20.9.